The third-order valence-corrected chi connectivity index (χ3v) is 3.97. The molecule has 1 aromatic carbocycles. The number of aryl methyl sites for hydroxylation is 1. The van der Waals surface area contributed by atoms with Crippen molar-refractivity contribution in [1.29, 1.82) is 0 Å². The molecule has 1 aliphatic heterocycles. The van der Waals surface area contributed by atoms with Crippen molar-refractivity contribution in [3.63, 3.8) is 0 Å². The van der Waals surface area contributed by atoms with E-state index in [1.165, 1.54) is 10.5 Å². The Bertz CT molecular complexity index is 492. The van der Waals surface area contributed by atoms with Crippen molar-refractivity contribution in [2.75, 3.05) is 6.54 Å². The van der Waals surface area contributed by atoms with Gasteiger partial charge in [0.05, 0.1) is 0 Å². The molecule has 1 fully saturated rings. The molecule has 4 nitrogen and oxygen atoms in total. The van der Waals surface area contributed by atoms with Gasteiger partial charge in [0.2, 0.25) is 11.8 Å². The molecule has 0 radical (unpaired) electrons. The lowest BCUT2D eigenvalue weighted by molar-refractivity contribution is -0.150. The van der Waals surface area contributed by atoms with Crippen molar-refractivity contribution >= 4 is 11.8 Å². The van der Waals surface area contributed by atoms with Crippen LogP contribution in [0.1, 0.15) is 50.3 Å². The Labute approximate surface area is 126 Å². The van der Waals surface area contributed by atoms with Gasteiger partial charge in [0.15, 0.2) is 0 Å². The van der Waals surface area contributed by atoms with E-state index in [9.17, 15) is 9.59 Å². The maximum atomic E-state index is 12.0. The van der Waals surface area contributed by atoms with Crippen LogP contribution in [0.2, 0.25) is 0 Å². The minimum atomic E-state index is -0.318. The molecule has 1 unspecified atom stereocenters. The summed E-state index contributed by atoms with van der Waals surface area (Å²) in [7, 11) is 0. The summed E-state index contributed by atoms with van der Waals surface area (Å²) in [6, 6.07) is 7.82. The first-order valence-electron chi connectivity index (χ1n) is 7.68. The molecule has 0 aliphatic carbocycles. The van der Waals surface area contributed by atoms with E-state index in [1.807, 2.05) is 19.1 Å². The summed E-state index contributed by atoms with van der Waals surface area (Å²) >= 11 is 0. The largest absolute Gasteiger partial charge is 0.322 e. The number of nitrogens with two attached hydrogens (primary N) is 1. The molecule has 0 aromatic heterocycles. The zero-order valence-electron chi connectivity index (χ0n) is 12.8. The number of carbonyl (C=O) groups is 2. The summed E-state index contributed by atoms with van der Waals surface area (Å²) < 4.78 is 0. The maximum Gasteiger partial charge on any atom is 0.229 e. The summed E-state index contributed by atoms with van der Waals surface area (Å²) in [5, 5.41) is 0. The minimum absolute atomic E-state index is 0.100. The molecule has 21 heavy (non-hydrogen) atoms. The van der Waals surface area contributed by atoms with Gasteiger partial charge in [0.1, 0.15) is 0 Å². The molecule has 0 spiro atoms. The molecule has 1 heterocycles. The molecule has 4 heteroatoms. The molecule has 1 aliphatic rings. The van der Waals surface area contributed by atoms with Crippen LogP contribution >= 0.6 is 0 Å². The summed E-state index contributed by atoms with van der Waals surface area (Å²) in [6.07, 6.45) is 3.04. The highest BCUT2D eigenvalue weighted by atomic mass is 16.2. The number of piperidine rings is 1. The van der Waals surface area contributed by atoms with Crippen LogP contribution in [0.3, 0.4) is 0 Å². The van der Waals surface area contributed by atoms with Crippen LogP contribution < -0.4 is 5.73 Å². The fraction of sp³-hybridized carbons (Fsp3) is 0.529. The number of imide groups is 1. The van der Waals surface area contributed by atoms with E-state index in [0.29, 0.717) is 12.8 Å². The average molecular weight is 288 g/mol. The molecule has 0 bridgehead atoms. The number of carbonyl (C=O) groups excluding carboxylic acids is 2. The van der Waals surface area contributed by atoms with Gasteiger partial charge in [-0.25, -0.2) is 0 Å². The van der Waals surface area contributed by atoms with E-state index in [4.69, 9.17) is 5.73 Å². The van der Waals surface area contributed by atoms with Crippen molar-refractivity contribution in [2.45, 2.75) is 45.6 Å². The Kier molecular flexibility index (Phi) is 5.12. The van der Waals surface area contributed by atoms with Crippen molar-refractivity contribution in [3.05, 3.63) is 35.4 Å². The second-order valence-electron chi connectivity index (χ2n) is 6.01. The van der Waals surface area contributed by atoms with E-state index in [1.54, 1.807) is 0 Å². The quantitative estimate of drug-likeness (QED) is 0.846. The number of hydrogen-bond acceptors (Lipinski definition) is 3. The molecule has 2 N–H and O–H groups in total. The van der Waals surface area contributed by atoms with Gasteiger partial charge in [-0.05, 0) is 23.5 Å². The van der Waals surface area contributed by atoms with Crippen molar-refractivity contribution in [1.82, 2.24) is 4.90 Å². The SMILES string of the molecule is CCCc1ccc(C(N)CN2C(=O)CC(C)CC2=O)cc1. The Balaban J connectivity index is 2.01. The lowest BCUT2D eigenvalue weighted by atomic mass is 9.96. The average Bonchev–Trinajstić information content (AvgIpc) is 2.43. The van der Waals surface area contributed by atoms with Crippen LogP contribution in [0, 0.1) is 5.92 Å². The summed E-state index contributed by atoms with van der Waals surface area (Å²) in [4.78, 5) is 25.3. The van der Waals surface area contributed by atoms with Crippen molar-refractivity contribution in [3.8, 4) is 0 Å². The Morgan fingerprint density at radius 2 is 1.76 bits per heavy atom. The van der Waals surface area contributed by atoms with Gasteiger partial charge in [0, 0.05) is 25.4 Å². The predicted octanol–water partition coefficient (Wildman–Crippen LogP) is 2.42. The number of amides is 2. The van der Waals surface area contributed by atoms with Crippen LogP contribution in [0.25, 0.3) is 0 Å². The van der Waals surface area contributed by atoms with Gasteiger partial charge in [-0.2, -0.15) is 0 Å². The standard InChI is InChI=1S/C17H24N2O2/c1-3-4-13-5-7-14(8-6-13)15(18)11-19-16(20)9-12(2)10-17(19)21/h5-8,12,15H,3-4,9-11,18H2,1-2H3. The van der Waals surface area contributed by atoms with E-state index in [2.05, 4.69) is 19.1 Å². The highest BCUT2D eigenvalue weighted by Crippen LogP contribution is 2.21. The number of hydrogen-bond donors (Lipinski definition) is 1. The zero-order valence-corrected chi connectivity index (χ0v) is 12.8. The van der Waals surface area contributed by atoms with Crippen LogP contribution in [0.4, 0.5) is 0 Å². The first-order chi connectivity index (χ1) is 10.0. The molecule has 114 valence electrons. The van der Waals surface area contributed by atoms with Crippen LogP contribution in [0.5, 0.6) is 0 Å². The van der Waals surface area contributed by atoms with Crippen LogP contribution in [-0.4, -0.2) is 23.3 Å². The first-order valence-corrected chi connectivity index (χ1v) is 7.68. The second kappa shape index (κ2) is 6.85. The molecule has 1 saturated heterocycles. The van der Waals surface area contributed by atoms with E-state index < -0.39 is 0 Å². The normalized spacial score (nSPS) is 18.1. The van der Waals surface area contributed by atoms with Crippen LogP contribution in [0.15, 0.2) is 24.3 Å². The fourth-order valence-corrected chi connectivity index (χ4v) is 2.75. The summed E-state index contributed by atoms with van der Waals surface area (Å²) in [5.74, 6) is -0.0561. The zero-order chi connectivity index (χ0) is 15.4. The Hall–Kier alpha value is -1.68. The predicted molar refractivity (Wildman–Crippen MR) is 82.5 cm³/mol. The van der Waals surface area contributed by atoms with Gasteiger partial charge >= 0.3 is 0 Å². The Morgan fingerprint density at radius 1 is 1.19 bits per heavy atom. The number of benzene rings is 1. The maximum absolute atomic E-state index is 12.0. The second-order valence-corrected chi connectivity index (χ2v) is 6.01. The lowest BCUT2D eigenvalue weighted by Gasteiger charge is -2.30. The van der Waals surface area contributed by atoms with Gasteiger partial charge in [0.25, 0.3) is 0 Å². The van der Waals surface area contributed by atoms with Crippen molar-refractivity contribution < 1.29 is 9.59 Å². The first kappa shape index (κ1) is 15.7. The molecule has 1 atom stereocenters. The van der Waals surface area contributed by atoms with E-state index in [-0.39, 0.29) is 30.3 Å². The molecular formula is C17H24N2O2. The fourth-order valence-electron chi connectivity index (χ4n) is 2.75. The molecule has 2 rings (SSSR count). The number of likely N-dealkylation sites (tertiary alicyclic amines) is 1. The van der Waals surface area contributed by atoms with Gasteiger partial charge in [-0.3, -0.25) is 14.5 Å². The highest BCUT2D eigenvalue weighted by Gasteiger charge is 2.31. The van der Waals surface area contributed by atoms with Crippen molar-refractivity contribution in [2.24, 2.45) is 11.7 Å². The molecule has 1 aromatic rings. The van der Waals surface area contributed by atoms with Gasteiger partial charge in [-0.1, -0.05) is 44.5 Å². The number of nitrogens with zero attached hydrogens (tertiary/aromatic N) is 1. The smallest absolute Gasteiger partial charge is 0.229 e. The lowest BCUT2D eigenvalue weighted by Crippen LogP contribution is -2.45. The summed E-state index contributed by atoms with van der Waals surface area (Å²) in [5.41, 5.74) is 8.41. The molecule has 2 amide bonds. The third-order valence-electron chi connectivity index (χ3n) is 3.97. The van der Waals surface area contributed by atoms with Gasteiger partial charge < -0.3 is 5.73 Å². The number of rotatable bonds is 5. The molecule has 0 saturated carbocycles. The summed E-state index contributed by atoms with van der Waals surface area (Å²) in [6.45, 7) is 4.35. The highest BCUT2D eigenvalue weighted by molar-refractivity contribution is 5.97. The minimum Gasteiger partial charge on any atom is -0.322 e. The third kappa shape index (κ3) is 3.91. The topological polar surface area (TPSA) is 63.4 Å². The van der Waals surface area contributed by atoms with E-state index in [0.717, 1.165) is 18.4 Å². The van der Waals surface area contributed by atoms with Gasteiger partial charge in [-0.15, -0.1) is 0 Å². The monoisotopic (exact) mass is 288 g/mol. The molecular weight excluding hydrogens is 264 g/mol. The van der Waals surface area contributed by atoms with E-state index >= 15 is 0 Å². The Morgan fingerprint density at radius 3 is 2.29 bits per heavy atom. The van der Waals surface area contributed by atoms with Crippen LogP contribution in [-0.2, 0) is 16.0 Å².